The molecule has 0 spiro atoms. The number of nitrogens with one attached hydrogen (secondary N) is 1. The van der Waals surface area contributed by atoms with Gasteiger partial charge in [-0.2, -0.15) is 0 Å². The van der Waals surface area contributed by atoms with E-state index < -0.39 is 0 Å². The fourth-order valence-corrected chi connectivity index (χ4v) is 1.89. The van der Waals surface area contributed by atoms with Gasteiger partial charge in [-0.15, -0.1) is 0 Å². The Bertz CT molecular complexity index is 319. The van der Waals surface area contributed by atoms with E-state index in [2.05, 4.69) is 22.4 Å². The van der Waals surface area contributed by atoms with Crippen LogP contribution in [0.25, 0.3) is 0 Å². The second-order valence-corrected chi connectivity index (χ2v) is 4.59. The zero-order valence-corrected chi connectivity index (χ0v) is 10.1. The lowest BCUT2D eigenvalue weighted by Crippen LogP contribution is -2.34. The highest BCUT2D eigenvalue weighted by molar-refractivity contribution is 5.13. The third-order valence-corrected chi connectivity index (χ3v) is 3.08. The largest absolute Gasteiger partial charge is 0.383 e. The van der Waals surface area contributed by atoms with E-state index in [0.717, 1.165) is 24.8 Å². The van der Waals surface area contributed by atoms with Gasteiger partial charge in [0.15, 0.2) is 0 Å². The molecule has 0 aromatic carbocycles. The van der Waals surface area contributed by atoms with Crippen molar-refractivity contribution >= 4 is 0 Å². The summed E-state index contributed by atoms with van der Waals surface area (Å²) in [5.41, 5.74) is 2.31. The molecule has 1 aromatic heterocycles. The number of ether oxygens (including phenoxy) is 1. The first-order valence-electron chi connectivity index (χ1n) is 5.93. The highest BCUT2D eigenvalue weighted by atomic mass is 16.5. The maximum Gasteiger partial charge on any atom is 0.0618 e. The topological polar surface area (TPSA) is 34.1 Å². The summed E-state index contributed by atoms with van der Waals surface area (Å²) in [4.78, 5) is 4.29. The first-order valence-corrected chi connectivity index (χ1v) is 5.93. The molecule has 1 heterocycles. The predicted octanol–water partition coefficient (Wildman–Crippen LogP) is 1.90. The molecule has 0 aliphatic heterocycles. The van der Waals surface area contributed by atoms with Gasteiger partial charge in [-0.1, -0.05) is 6.07 Å². The van der Waals surface area contributed by atoms with E-state index in [4.69, 9.17) is 4.74 Å². The van der Waals surface area contributed by atoms with Crippen molar-refractivity contribution < 1.29 is 4.74 Å². The van der Waals surface area contributed by atoms with Gasteiger partial charge in [-0.3, -0.25) is 4.98 Å². The van der Waals surface area contributed by atoms with Crippen LogP contribution in [0.3, 0.4) is 0 Å². The Labute approximate surface area is 97.2 Å². The normalized spacial score (nSPS) is 17.4. The van der Waals surface area contributed by atoms with Crippen molar-refractivity contribution in [1.29, 1.82) is 0 Å². The third-order valence-electron chi connectivity index (χ3n) is 3.08. The number of rotatable bonds is 6. The van der Waals surface area contributed by atoms with E-state index in [9.17, 15) is 0 Å². The van der Waals surface area contributed by atoms with Crippen molar-refractivity contribution in [2.75, 3.05) is 13.7 Å². The fourth-order valence-electron chi connectivity index (χ4n) is 1.89. The van der Waals surface area contributed by atoms with E-state index >= 15 is 0 Å². The van der Waals surface area contributed by atoms with Gasteiger partial charge < -0.3 is 10.1 Å². The van der Waals surface area contributed by atoms with Crippen molar-refractivity contribution in [2.45, 2.75) is 32.4 Å². The van der Waals surface area contributed by atoms with Crippen molar-refractivity contribution in [3.8, 4) is 0 Å². The Balaban J connectivity index is 1.82. The molecular weight excluding hydrogens is 200 g/mol. The maximum atomic E-state index is 5.23. The summed E-state index contributed by atoms with van der Waals surface area (Å²) >= 11 is 0. The molecule has 16 heavy (non-hydrogen) atoms. The number of methoxy groups -OCH3 is 1. The SMILES string of the molecule is COCC(NCc1ccc(C)nc1)C1CC1. The van der Waals surface area contributed by atoms with Crippen LogP contribution in [0.15, 0.2) is 18.3 Å². The Kier molecular flexibility index (Phi) is 3.91. The van der Waals surface area contributed by atoms with Crippen LogP contribution in [0.1, 0.15) is 24.1 Å². The lowest BCUT2D eigenvalue weighted by Gasteiger charge is -2.17. The van der Waals surface area contributed by atoms with Crippen LogP contribution in [-0.4, -0.2) is 24.7 Å². The van der Waals surface area contributed by atoms with Gasteiger partial charge in [-0.25, -0.2) is 0 Å². The van der Waals surface area contributed by atoms with Crippen LogP contribution in [0, 0.1) is 12.8 Å². The number of hydrogen-bond acceptors (Lipinski definition) is 3. The molecule has 1 aliphatic rings. The van der Waals surface area contributed by atoms with Crippen LogP contribution in [0.4, 0.5) is 0 Å². The Morgan fingerprint density at radius 2 is 2.31 bits per heavy atom. The summed E-state index contributed by atoms with van der Waals surface area (Å²) in [5, 5.41) is 3.55. The molecule has 3 heteroatoms. The Hall–Kier alpha value is -0.930. The highest BCUT2D eigenvalue weighted by Gasteiger charge is 2.30. The number of hydrogen-bond donors (Lipinski definition) is 1. The molecule has 1 unspecified atom stereocenters. The molecule has 0 amide bonds. The minimum absolute atomic E-state index is 0.506. The van der Waals surface area contributed by atoms with Gasteiger partial charge in [0.25, 0.3) is 0 Å². The number of aromatic nitrogens is 1. The lowest BCUT2D eigenvalue weighted by molar-refractivity contribution is 0.157. The molecule has 1 atom stereocenters. The molecule has 1 N–H and O–H groups in total. The zero-order chi connectivity index (χ0) is 11.4. The summed E-state index contributed by atoms with van der Waals surface area (Å²) in [7, 11) is 1.77. The summed E-state index contributed by atoms with van der Waals surface area (Å²) in [6.45, 7) is 3.71. The van der Waals surface area contributed by atoms with Crippen molar-refractivity contribution in [3.05, 3.63) is 29.6 Å². The summed E-state index contributed by atoms with van der Waals surface area (Å²) < 4.78 is 5.23. The summed E-state index contributed by atoms with van der Waals surface area (Å²) in [6.07, 6.45) is 4.62. The van der Waals surface area contributed by atoms with Crippen LogP contribution in [-0.2, 0) is 11.3 Å². The summed E-state index contributed by atoms with van der Waals surface area (Å²) in [5.74, 6) is 0.818. The van der Waals surface area contributed by atoms with Crippen molar-refractivity contribution in [1.82, 2.24) is 10.3 Å². The van der Waals surface area contributed by atoms with Crippen molar-refractivity contribution in [3.63, 3.8) is 0 Å². The molecule has 0 radical (unpaired) electrons. The predicted molar refractivity (Wildman–Crippen MR) is 64.2 cm³/mol. The molecular formula is C13H20N2O. The first-order chi connectivity index (χ1) is 7.79. The minimum Gasteiger partial charge on any atom is -0.383 e. The Morgan fingerprint density at radius 1 is 1.50 bits per heavy atom. The molecule has 0 saturated heterocycles. The maximum absolute atomic E-state index is 5.23. The van der Waals surface area contributed by atoms with E-state index in [1.54, 1.807) is 7.11 Å². The highest BCUT2D eigenvalue weighted by Crippen LogP contribution is 2.32. The van der Waals surface area contributed by atoms with Crippen molar-refractivity contribution in [2.24, 2.45) is 5.92 Å². The van der Waals surface area contributed by atoms with Crippen LogP contribution in [0.2, 0.25) is 0 Å². The second-order valence-electron chi connectivity index (χ2n) is 4.59. The van der Waals surface area contributed by atoms with Crippen LogP contribution >= 0.6 is 0 Å². The van der Waals surface area contributed by atoms with E-state index in [0.29, 0.717) is 6.04 Å². The fraction of sp³-hybridized carbons (Fsp3) is 0.615. The third kappa shape index (κ3) is 3.29. The monoisotopic (exact) mass is 220 g/mol. The Morgan fingerprint density at radius 3 is 2.88 bits per heavy atom. The van der Waals surface area contributed by atoms with E-state index in [1.165, 1.54) is 18.4 Å². The lowest BCUT2D eigenvalue weighted by atomic mass is 10.2. The average Bonchev–Trinajstić information content (AvgIpc) is 3.10. The molecule has 0 bridgehead atoms. The number of pyridine rings is 1. The smallest absolute Gasteiger partial charge is 0.0618 e. The van der Waals surface area contributed by atoms with E-state index in [1.807, 2.05) is 13.1 Å². The molecule has 1 aromatic rings. The second kappa shape index (κ2) is 5.41. The van der Waals surface area contributed by atoms with Crippen LogP contribution in [0.5, 0.6) is 0 Å². The average molecular weight is 220 g/mol. The molecule has 88 valence electrons. The number of aryl methyl sites for hydroxylation is 1. The quantitative estimate of drug-likeness (QED) is 0.795. The molecule has 1 fully saturated rings. The molecule has 1 aliphatic carbocycles. The summed E-state index contributed by atoms with van der Waals surface area (Å²) in [6, 6.07) is 4.69. The van der Waals surface area contributed by atoms with Gasteiger partial charge in [0.2, 0.25) is 0 Å². The molecule has 2 rings (SSSR count). The van der Waals surface area contributed by atoms with Gasteiger partial charge in [0.1, 0.15) is 0 Å². The standard InChI is InChI=1S/C13H20N2O/c1-10-3-4-11(7-14-10)8-15-13(9-16-2)12-5-6-12/h3-4,7,12-13,15H,5-6,8-9H2,1-2H3. The zero-order valence-electron chi connectivity index (χ0n) is 10.1. The van der Waals surface area contributed by atoms with Gasteiger partial charge in [0, 0.05) is 31.6 Å². The molecule has 1 saturated carbocycles. The number of nitrogens with zero attached hydrogens (tertiary/aromatic N) is 1. The minimum atomic E-state index is 0.506. The van der Waals surface area contributed by atoms with Crippen LogP contribution < -0.4 is 5.32 Å². The first kappa shape index (κ1) is 11.6. The van der Waals surface area contributed by atoms with Gasteiger partial charge in [0.05, 0.1) is 6.61 Å². The molecule has 3 nitrogen and oxygen atoms in total. The van der Waals surface area contributed by atoms with Gasteiger partial charge in [-0.05, 0) is 37.3 Å². The van der Waals surface area contributed by atoms with Gasteiger partial charge >= 0.3 is 0 Å². The van der Waals surface area contributed by atoms with E-state index in [-0.39, 0.29) is 0 Å².